The summed E-state index contributed by atoms with van der Waals surface area (Å²) in [5, 5.41) is 10.5. The largest absolute Gasteiger partial charge is 0.382 e. The summed E-state index contributed by atoms with van der Waals surface area (Å²) in [4.78, 5) is 0. The Morgan fingerprint density at radius 2 is 1.61 bits per heavy atom. The van der Waals surface area contributed by atoms with Gasteiger partial charge in [0, 0.05) is 10.9 Å². The molecular formula is C18H13FN4. The maximum absolute atomic E-state index is 13.1. The number of nitrogen functional groups attached to an aromatic ring is 1. The Kier molecular flexibility index (Phi) is 3.05. The van der Waals surface area contributed by atoms with Crippen LogP contribution in [0.2, 0.25) is 0 Å². The average molecular weight is 304 g/mol. The molecule has 23 heavy (non-hydrogen) atoms. The van der Waals surface area contributed by atoms with Crippen molar-refractivity contribution in [1.82, 2.24) is 15.0 Å². The molecule has 0 fully saturated rings. The minimum absolute atomic E-state index is 0.297. The van der Waals surface area contributed by atoms with E-state index in [4.69, 9.17) is 5.73 Å². The van der Waals surface area contributed by atoms with Gasteiger partial charge in [0.15, 0.2) is 5.82 Å². The van der Waals surface area contributed by atoms with E-state index in [9.17, 15) is 4.39 Å². The van der Waals surface area contributed by atoms with Crippen LogP contribution in [-0.2, 0) is 0 Å². The normalized spacial score (nSPS) is 11.0. The van der Waals surface area contributed by atoms with E-state index < -0.39 is 0 Å². The van der Waals surface area contributed by atoms with Crippen molar-refractivity contribution < 1.29 is 4.39 Å². The van der Waals surface area contributed by atoms with Crippen molar-refractivity contribution in [2.75, 3.05) is 5.73 Å². The van der Waals surface area contributed by atoms with Gasteiger partial charge in [-0.1, -0.05) is 41.6 Å². The number of halogens is 1. The fourth-order valence-corrected chi connectivity index (χ4v) is 2.67. The Hall–Kier alpha value is -3.21. The molecule has 0 aliphatic heterocycles. The molecule has 0 saturated carbocycles. The molecular weight excluding hydrogens is 291 g/mol. The smallest absolute Gasteiger partial charge is 0.155 e. The maximum Gasteiger partial charge on any atom is 0.155 e. The lowest BCUT2D eigenvalue weighted by atomic mass is 10.1. The van der Waals surface area contributed by atoms with Crippen molar-refractivity contribution in [2.45, 2.75) is 0 Å². The highest BCUT2D eigenvalue weighted by Crippen LogP contribution is 2.28. The van der Waals surface area contributed by atoms with Crippen molar-refractivity contribution in [2.24, 2.45) is 0 Å². The molecule has 0 saturated heterocycles. The zero-order valence-corrected chi connectivity index (χ0v) is 12.1. The fraction of sp³-hybridized carbons (Fsp3) is 0. The quantitative estimate of drug-likeness (QED) is 0.612. The van der Waals surface area contributed by atoms with E-state index in [0.717, 1.165) is 22.0 Å². The first-order valence-corrected chi connectivity index (χ1v) is 7.19. The zero-order valence-electron chi connectivity index (χ0n) is 12.1. The molecule has 4 rings (SSSR count). The fourth-order valence-electron chi connectivity index (χ4n) is 2.67. The summed E-state index contributed by atoms with van der Waals surface area (Å²) < 4.78 is 14.7. The van der Waals surface area contributed by atoms with E-state index in [2.05, 4.69) is 10.3 Å². The first kappa shape index (κ1) is 13.5. The molecule has 4 aromatic rings. The summed E-state index contributed by atoms with van der Waals surface area (Å²) in [5.41, 5.74) is 8.37. The van der Waals surface area contributed by atoms with Crippen molar-refractivity contribution in [1.29, 1.82) is 0 Å². The summed E-state index contributed by atoms with van der Waals surface area (Å²) in [6.07, 6.45) is 0. The van der Waals surface area contributed by atoms with Crippen molar-refractivity contribution in [3.05, 3.63) is 72.5 Å². The second kappa shape index (κ2) is 5.21. The maximum atomic E-state index is 13.1. The Labute approximate surface area is 132 Å². The molecule has 4 nitrogen and oxygen atoms in total. The lowest BCUT2D eigenvalue weighted by molar-refractivity contribution is 0.628. The summed E-state index contributed by atoms with van der Waals surface area (Å²) in [7, 11) is 0. The number of rotatable bonds is 2. The summed E-state index contributed by atoms with van der Waals surface area (Å²) in [6, 6.07) is 20.0. The van der Waals surface area contributed by atoms with Crippen molar-refractivity contribution in [3.63, 3.8) is 0 Å². The molecule has 1 heterocycles. The molecule has 0 atom stereocenters. The van der Waals surface area contributed by atoms with E-state index >= 15 is 0 Å². The van der Waals surface area contributed by atoms with Gasteiger partial charge < -0.3 is 5.73 Å². The Morgan fingerprint density at radius 3 is 2.43 bits per heavy atom. The van der Waals surface area contributed by atoms with Crippen LogP contribution in [0.25, 0.3) is 27.7 Å². The number of aromatic nitrogens is 3. The predicted molar refractivity (Wildman–Crippen MR) is 88.7 cm³/mol. The molecule has 0 amide bonds. The lowest BCUT2D eigenvalue weighted by Gasteiger charge is -2.07. The van der Waals surface area contributed by atoms with Gasteiger partial charge in [0.1, 0.15) is 11.5 Å². The molecule has 3 aromatic carbocycles. The van der Waals surface area contributed by atoms with E-state index in [-0.39, 0.29) is 5.82 Å². The Bertz CT molecular complexity index is 984. The highest BCUT2D eigenvalue weighted by atomic mass is 19.1. The van der Waals surface area contributed by atoms with Crippen LogP contribution >= 0.6 is 0 Å². The summed E-state index contributed by atoms with van der Waals surface area (Å²) in [5.74, 6) is 0.127. The first-order chi connectivity index (χ1) is 11.2. The third-order valence-corrected chi connectivity index (χ3v) is 3.82. The van der Waals surface area contributed by atoms with Crippen LogP contribution in [0.4, 0.5) is 10.2 Å². The third kappa shape index (κ3) is 2.23. The van der Waals surface area contributed by atoms with E-state index in [1.807, 2.05) is 42.5 Å². The number of nitrogens with two attached hydrogens (primary N) is 1. The van der Waals surface area contributed by atoms with Gasteiger partial charge in [-0.25, -0.2) is 4.39 Å². The van der Waals surface area contributed by atoms with E-state index in [1.165, 1.54) is 12.1 Å². The van der Waals surface area contributed by atoms with Gasteiger partial charge in [-0.2, -0.15) is 4.68 Å². The minimum Gasteiger partial charge on any atom is -0.382 e. The van der Waals surface area contributed by atoms with Crippen LogP contribution in [0.3, 0.4) is 0 Å². The number of fused-ring (bicyclic) bond motifs is 1. The molecule has 0 radical (unpaired) electrons. The molecule has 0 unspecified atom stereocenters. The van der Waals surface area contributed by atoms with E-state index in [0.29, 0.717) is 11.5 Å². The number of nitrogens with zero attached hydrogens (tertiary/aromatic N) is 3. The second-order valence-electron chi connectivity index (χ2n) is 5.24. The highest BCUT2D eigenvalue weighted by molar-refractivity contribution is 5.90. The van der Waals surface area contributed by atoms with Crippen LogP contribution in [-0.4, -0.2) is 15.0 Å². The van der Waals surface area contributed by atoms with Crippen LogP contribution in [0, 0.1) is 5.82 Å². The number of hydrogen-bond donors (Lipinski definition) is 1. The van der Waals surface area contributed by atoms with Gasteiger partial charge in [0.25, 0.3) is 0 Å². The van der Waals surface area contributed by atoms with Crippen LogP contribution in [0.15, 0.2) is 66.7 Å². The van der Waals surface area contributed by atoms with Gasteiger partial charge >= 0.3 is 0 Å². The predicted octanol–water partition coefficient (Wildman–Crippen LogP) is 3.81. The standard InChI is InChI=1S/C18H13FN4/c19-14-10-8-13(9-11-14)17-18(20)23(22-21-17)16-7-3-5-12-4-1-2-6-15(12)16/h1-11H,20H2. The molecule has 0 aliphatic carbocycles. The molecule has 5 heteroatoms. The monoisotopic (exact) mass is 304 g/mol. The van der Waals surface area contributed by atoms with Gasteiger partial charge in [-0.05, 0) is 35.7 Å². The first-order valence-electron chi connectivity index (χ1n) is 7.19. The summed E-state index contributed by atoms with van der Waals surface area (Å²) in [6.45, 7) is 0. The second-order valence-corrected chi connectivity index (χ2v) is 5.24. The van der Waals surface area contributed by atoms with Gasteiger partial charge in [-0.15, -0.1) is 5.10 Å². The number of anilines is 1. The number of hydrogen-bond acceptors (Lipinski definition) is 3. The van der Waals surface area contributed by atoms with Crippen LogP contribution in [0.5, 0.6) is 0 Å². The third-order valence-electron chi connectivity index (χ3n) is 3.82. The Morgan fingerprint density at radius 1 is 0.870 bits per heavy atom. The molecule has 0 bridgehead atoms. The van der Waals surface area contributed by atoms with Gasteiger partial charge in [-0.3, -0.25) is 0 Å². The molecule has 0 aliphatic rings. The van der Waals surface area contributed by atoms with E-state index in [1.54, 1.807) is 16.8 Å². The van der Waals surface area contributed by atoms with Gasteiger partial charge in [0.05, 0.1) is 5.69 Å². The SMILES string of the molecule is Nc1c(-c2ccc(F)cc2)nnn1-c1cccc2ccccc12. The Balaban J connectivity index is 1.89. The molecule has 112 valence electrons. The van der Waals surface area contributed by atoms with Crippen molar-refractivity contribution >= 4 is 16.6 Å². The topological polar surface area (TPSA) is 56.7 Å². The highest BCUT2D eigenvalue weighted by Gasteiger charge is 2.14. The summed E-state index contributed by atoms with van der Waals surface area (Å²) >= 11 is 0. The van der Waals surface area contributed by atoms with Crippen LogP contribution < -0.4 is 5.73 Å². The van der Waals surface area contributed by atoms with Crippen LogP contribution in [0.1, 0.15) is 0 Å². The molecule has 1 aromatic heterocycles. The zero-order chi connectivity index (χ0) is 15.8. The number of benzene rings is 3. The minimum atomic E-state index is -0.297. The average Bonchev–Trinajstić information content (AvgIpc) is 2.96. The lowest BCUT2D eigenvalue weighted by Crippen LogP contribution is -2.03. The molecule has 0 spiro atoms. The van der Waals surface area contributed by atoms with Crippen molar-refractivity contribution in [3.8, 4) is 16.9 Å². The molecule has 2 N–H and O–H groups in total. The van der Waals surface area contributed by atoms with Gasteiger partial charge in [0.2, 0.25) is 0 Å².